The van der Waals surface area contributed by atoms with Crippen LogP contribution >= 0.6 is 0 Å². The Hall–Kier alpha value is -3.01. The lowest BCUT2D eigenvalue weighted by atomic mass is 10.2. The molecular weight excluding hydrogens is 280 g/mol. The number of nitriles is 1. The number of rotatable bonds is 4. The highest BCUT2D eigenvalue weighted by atomic mass is 19.3. The van der Waals surface area contributed by atoms with Gasteiger partial charge in [0.25, 0.3) is 5.91 Å². The highest BCUT2D eigenvalue weighted by Gasteiger charge is 2.09. The predicted octanol–water partition coefficient (Wildman–Crippen LogP) is 2.81. The molecule has 5 nitrogen and oxygen atoms in total. The molecule has 0 aliphatic carbocycles. The first-order chi connectivity index (χ1) is 10.1. The Morgan fingerprint density at radius 1 is 1.24 bits per heavy atom. The second-order valence-corrected chi connectivity index (χ2v) is 3.90. The van der Waals surface area contributed by atoms with Gasteiger partial charge in [0.15, 0.2) is 0 Å². The number of aromatic nitrogens is 1. The number of hydrogen-bond donors (Lipinski definition) is 1. The summed E-state index contributed by atoms with van der Waals surface area (Å²) in [5.74, 6) is -0.194. The number of alkyl halides is 2. The molecule has 0 radical (unpaired) electrons. The average molecular weight is 289 g/mol. The minimum absolute atomic E-state index is 0.0296. The standard InChI is InChI=1S/C14H9F2N3O2/c15-14(16)21-11-4-2-10(3-5-11)13(20)19-12-6-1-9(7-17)8-18-12/h1-6,8,14H,(H,18,19,20). The van der Waals surface area contributed by atoms with Crippen LogP contribution in [0.4, 0.5) is 14.6 Å². The van der Waals surface area contributed by atoms with Crippen LogP contribution in [-0.4, -0.2) is 17.5 Å². The summed E-state index contributed by atoms with van der Waals surface area (Å²) in [5, 5.41) is 11.2. The number of hydrogen-bond acceptors (Lipinski definition) is 4. The van der Waals surface area contributed by atoms with Crippen molar-refractivity contribution in [2.24, 2.45) is 0 Å². The zero-order chi connectivity index (χ0) is 15.2. The van der Waals surface area contributed by atoms with E-state index in [2.05, 4.69) is 15.0 Å². The topological polar surface area (TPSA) is 75.0 Å². The van der Waals surface area contributed by atoms with E-state index in [0.29, 0.717) is 5.56 Å². The van der Waals surface area contributed by atoms with Crippen LogP contribution < -0.4 is 10.1 Å². The van der Waals surface area contributed by atoms with Gasteiger partial charge in [-0.05, 0) is 36.4 Å². The molecule has 1 amide bonds. The molecule has 0 atom stereocenters. The fourth-order valence-corrected chi connectivity index (χ4v) is 1.51. The number of carbonyl (C=O) groups is 1. The molecule has 1 heterocycles. The lowest BCUT2D eigenvalue weighted by molar-refractivity contribution is -0.0498. The number of halogens is 2. The molecule has 1 aromatic heterocycles. The Labute approximate surface area is 118 Å². The maximum atomic E-state index is 12.0. The van der Waals surface area contributed by atoms with Crippen LogP contribution in [0.15, 0.2) is 42.6 Å². The fourth-order valence-electron chi connectivity index (χ4n) is 1.51. The Morgan fingerprint density at radius 3 is 2.48 bits per heavy atom. The number of pyridine rings is 1. The van der Waals surface area contributed by atoms with E-state index in [1.54, 1.807) is 0 Å². The molecule has 0 saturated heterocycles. The minimum Gasteiger partial charge on any atom is -0.435 e. The summed E-state index contributed by atoms with van der Waals surface area (Å²) in [5.41, 5.74) is 0.643. The van der Waals surface area contributed by atoms with Gasteiger partial charge in [0.05, 0.1) is 5.56 Å². The Bertz CT molecular complexity index is 664. The first-order valence-electron chi connectivity index (χ1n) is 5.81. The van der Waals surface area contributed by atoms with Crippen molar-refractivity contribution in [3.63, 3.8) is 0 Å². The van der Waals surface area contributed by atoms with Gasteiger partial charge in [-0.1, -0.05) is 0 Å². The van der Waals surface area contributed by atoms with Gasteiger partial charge in [-0.2, -0.15) is 14.0 Å². The van der Waals surface area contributed by atoms with Gasteiger partial charge in [-0.25, -0.2) is 4.98 Å². The van der Waals surface area contributed by atoms with E-state index in [0.717, 1.165) is 0 Å². The third kappa shape index (κ3) is 3.98. The van der Waals surface area contributed by atoms with Crippen LogP contribution in [0.1, 0.15) is 15.9 Å². The minimum atomic E-state index is -2.91. The normalized spacial score (nSPS) is 10.0. The zero-order valence-electron chi connectivity index (χ0n) is 10.6. The van der Waals surface area contributed by atoms with Crippen LogP contribution in [0, 0.1) is 11.3 Å². The van der Waals surface area contributed by atoms with Crippen molar-refractivity contribution in [2.45, 2.75) is 6.61 Å². The molecule has 2 aromatic rings. The maximum absolute atomic E-state index is 12.0. The Balaban J connectivity index is 2.04. The van der Waals surface area contributed by atoms with Gasteiger partial charge in [-0.15, -0.1) is 0 Å². The maximum Gasteiger partial charge on any atom is 0.387 e. The number of amides is 1. The van der Waals surface area contributed by atoms with Crippen LogP contribution in [0.2, 0.25) is 0 Å². The van der Waals surface area contributed by atoms with Gasteiger partial charge in [0, 0.05) is 11.8 Å². The molecule has 0 unspecified atom stereocenters. The first kappa shape index (κ1) is 14.4. The van der Waals surface area contributed by atoms with Crippen molar-refractivity contribution in [3.8, 4) is 11.8 Å². The van der Waals surface area contributed by atoms with Crippen LogP contribution in [0.25, 0.3) is 0 Å². The van der Waals surface area contributed by atoms with Crippen LogP contribution in [0.5, 0.6) is 5.75 Å². The molecule has 0 saturated carbocycles. The van der Waals surface area contributed by atoms with E-state index in [1.807, 2.05) is 6.07 Å². The third-order valence-electron chi connectivity index (χ3n) is 2.48. The Kier molecular flexibility index (Phi) is 4.41. The van der Waals surface area contributed by atoms with Crippen molar-refractivity contribution >= 4 is 11.7 Å². The number of carbonyl (C=O) groups excluding carboxylic acids is 1. The summed E-state index contributed by atoms with van der Waals surface area (Å²) in [6.07, 6.45) is 1.33. The number of benzene rings is 1. The predicted molar refractivity (Wildman–Crippen MR) is 70.0 cm³/mol. The molecule has 0 bridgehead atoms. The number of anilines is 1. The summed E-state index contributed by atoms with van der Waals surface area (Å²) >= 11 is 0. The zero-order valence-corrected chi connectivity index (χ0v) is 10.6. The van der Waals surface area contributed by atoms with Crippen molar-refractivity contribution in [1.82, 2.24) is 4.98 Å². The van der Waals surface area contributed by atoms with Gasteiger partial charge in [0.2, 0.25) is 0 Å². The van der Waals surface area contributed by atoms with E-state index in [9.17, 15) is 13.6 Å². The molecule has 0 fully saturated rings. The third-order valence-corrected chi connectivity index (χ3v) is 2.48. The quantitative estimate of drug-likeness (QED) is 0.939. The SMILES string of the molecule is N#Cc1ccc(NC(=O)c2ccc(OC(F)F)cc2)nc1. The molecule has 106 valence electrons. The Morgan fingerprint density at radius 2 is 1.95 bits per heavy atom. The molecule has 0 aliphatic rings. The van der Waals surface area contributed by atoms with E-state index in [4.69, 9.17) is 5.26 Å². The van der Waals surface area contributed by atoms with Crippen molar-refractivity contribution < 1.29 is 18.3 Å². The lowest BCUT2D eigenvalue weighted by Gasteiger charge is -2.06. The van der Waals surface area contributed by atoms with Crippen molar-refractivity contribution in [2.75, 3.05) is 5.32 Å². The van der Waals surface area contributed by atoms with Crippen LogP contribution in [0.3, 0.4) is 0 Å². The van der Waals surface area contributed by atoms with E-state index >= 15 is 0 Å². The fraction of sp³-hybridized carbons (Fsp3) is 0.0714. The summed E-state index contributed by atoms with van der Waals surface area (Å²) in [4.78, 5) is 15.8. The monoisotopic (exact) mass is 289 g/mol. The first-order valence-corrected chi connectivity index (χ1v) is 5.81. The second-order valence-electron chi connectivity index (χ2n) is 3.90. The highest BCUT2D eigenvalue weighted by Crippen LogP contribution is 2.15. The summed E-state index contributed by atoms with van der Waals surface area (Å²) in [6, 6.07) is 10.2. The second kappa shape index (κ2) is 6.43. The molecule has 0 spiro atoms. The highest BCUT2D eigenvalue weighted by molar-refractivity contribution is 6.03. The number of nitrogens with zero attached hydrogens (tertiary/aromatic N) is 2. The van der Waals surface area contributed by atoms with Gasteiger partial charge < -0.3 is 10.1 Å². The number of ether oxygens (including phenoxy) is 1. The van der Waals surface area contributed by atoms with Crippen molar-refractivity contribution in [1.29, 1.82) is 5.26 Å². The van der Waals surface area contributed by atoms with E-state index in [1.165, 1.54) is 42.6 Å². The lowest BCUT2D eigenvalue weighted by Crippen LogP contribution is -2.13. The van der Waals surface area contributed by atoms with Gasteiger partial charge >= 0.3 is 6.61 Å². The van der Waals surface area contributed by atoms with E-state index in [-0.39, 0.29) is 17.1 Å². The summed E-state index contributed by atoms with van der Waals surface area (Å²) < 4.78 is 28.2. The molecular formula is C14H9F2N3O2. The molecule has 7 heteroatoms. The van der Waals surface area contributed by atoms with Crippen molar-refractivity contribution in [3.05, 3.63) is 53.7 Å². The molecule has 21 heavy (non-hydrogen) atoms. The summed E-state index contributed by atoms with van der Waals surface area (Å²) in [6.45, 7) is -2.91. The van der Waals surface area contributed by atoms with Gasteiger partial charge in [-0.3, -0.25) is 4.79 Å². The molecule has 2 rings (SSSR count). The van der Waals surface area contributed by atoms with E-state index < -0.39 is 12.5 Å². The molecule has 1 N–H and O–H groups in total. The largest absolute Gasteiger partial charge is 0.435 e. The van der Waals surface area contributed by atoms with Crippen LogP contribution in [-0.2, 0) is 0 Å². The molecule has 1 aromatic carbocycles. The molecule has 0 aliphatic heterocycles. The average Bonchev–Trinajstić information content (AvgIpc) is 2.48. The number of nitrogens with one attached hydrogen (secondary N) is 1. The summed E-state index contributed by atoms with van der Waals surface area (Å²) in [7, 11) is 0. The van der Waals surface area contributed by atoms with Gasteiger partial charge in [0.1, 0.15) is 17.6 Å². The smallest absolute Gasteiger partial charge is 0.387 e.